The number of aryl methyl sites for hydroxylation is 2. The summed E-state index contributed by atoms with van der Waals surface area (Å²) >= 11 is 5.97. The Labute approximate surface area is 118 Å². The number of benzene rings is 2. The summed E-state index contributed by atoms with van der Waals surface area (Å²) in [4.78, 5) is 0. The lowest BCUT2D eigenvalue weighted by Crippen LogP contribution is -1.97. The van der Waals surface area contributed by atoms with Gasteiger partial charge in [-0.15, -0.1) is 0 Å². The molecular weight excluding hydrogens is 261 g/mol. The van der Waals surface area contributed by atoms with Crippen molar-refractivity contribution >= 4 is 17.3 Å². The normalized spacial score (nSPS) is 10.7. The zero-order chi connectivity index (χ0) is 14.0. The Hall–Kier alpha value is -1.54. The van der Waals surface area contributed by atoms with Crippen molar-refractivity contribution < 1.29 is 4.39 Å². The molecule has 0 atom stereocenters. The van der Waals surface area contributed by atoms with E-state index in [-0.39, 0.29) is 10.8 Å². The number of halogens is 2. The van der Waals surface area contributed by atoms with Gasteiger partial charge in [-0.3, -0.25) is 0 Å². The van der Waals surface area contributed by atoms with Gasteiger partial charge in [0.25, 0.3) is 0 Å². The van der Waals surface area contributed by atoms with E-state index >= 15 is 0 Å². The molecule has 0 aliphatic heterocycles. The van der Waals surface area contributed by atoms with Crippen molar-refractivity contribution in [2.24, 2.45) is 0 Å². The Morgan fingerprint density at radius 3 is 2.42 bits per heavy atom. The van der Waals surface area contributed by atoms with E-state index in [1.165, 1.54) is 17.7 Å². The molecular formula is C16H17ClFN. The van der Waals surface area contributed by atoms with Gasteiger partial charge in [0.2, 0.25) is 0 Å². The minimum Gasteiger partial charge on any atom is -0.397 e. The van der Waals surface area contributed by atoms with E-state index in [9.17, 15) is 4.39 Å². The minimum absolute atomic E-state index is 0.263. The summed E-state index contributed by atoms with van der Waals surface area (Å²) in [5.74, 6) is -0.363. The fourth-order valence-corrected chi connectivity index (χ4v) is 2.42. The van der Waals surface area contributed by atoms with Gasteiger partial charge in [0.1, 0.15) is 5.82 Å². The molecule has 2 aromatic carbocycles. The van der Waals surface area contributed by atoms with Crippen molar-refractivity contribution in [2.75, 3.05) is 5.73 Å². The average Bonchev–Trinajstić information content (AvgIpc) is 2.42. The zero-order valence-electron chi connectivity index (χ0n) is 11.1. The molecule has 0 saturated heterocycles. The number of hydrogen-bond donors (Lipinski definition) is 1. The molecule has 0 aliphatic rings. The van der Waals surface area contributed by atoms with Crippen LogP contribution >= 0.6 is 11.6 Å². The zero-order valence-corrected chi connectivity index (χ0v) is 11.9. The minimum atomic E-state index is -0.363. The lowest BCUT2D eigenvalue weighted by molar-refractivity contribution is 0.628. The van der Waals surface area contributed by atoms with Crippen LogP contribution in [0.15, 0.2) is 30.3 Å². The first-order valence-electron chi connectivity index (χ1n) is 6.43. The van der Waals surface area contributed by atoms with E-state index in [0.29, 0.717) is 11.3 Å². The van der Waals surface area contributed by atoms with Crippen LogP contribution < -0.4 is 5.73 Å². The van der Waals surface area contributed by atoms with E-state index in [2.05, 4.69) is 32.0 Å². The second-order valence-corrected chi connectivity index (χ2v) is 4.95. The quantitative estimate of drug-likeness (QED) is 0.797. The first kappa shape index (κ1) is 13.9. The van der Waals surface area contributed by atoms with Gasteiger partial charge in [0.15, 0.2) is 0 Å². The van der Waals surface area contributed by atoms with E-state index in [1.807, 2.05) is 0 Å². The smallest absolute Gasteiger partial charge is 0.125 e. The van der Waals surface area contributed by atoms with Crippen LogP contribution in [-0.2, 0) is 12.8 Å². The fourth-order valence-electron chi connectivity index (χ4n) is 2.21. The average molecular weight is 278 g/mol. The highest BCUT2D eigenvalue weighted by Gasteiger charge is 2.12. The van der Waals surface area contributed by atoms with Crippen molar-refractivity contribution in [3.05, 3.63) is 52.3 Å². The number of nitrogen functional groups attached to an aromatic ring is 1. The summed E-state index contributed by atoms with van der Waals surface area (Å²) in [6.45, 7) is 4.16. The Balaban J connectivity index is 2.69. The second-order valence-electron chi connectivity index (χ2n) is 4.55. The van der Waals surface area contributed by atoms with Crippen LogP contribution in [0.3, 0.4) is 0 Å². The molecule has 2 N–H and O–H groups in total. The van der Waals surface area contributed by atoms with Crippen LogP contribution in [0.1, 0.15) is 25.0 Å². The van der Waals surface area contributed by atoms with Crippen LogP contribution in [-0.4, -0.2) is 0 Å². The summed E-state index contributed by atoms with van der Waals surface area (Å²) in [7, 11) is 0. The van der Waals surface area contributed by atoms with Crippen molar-refractivity contribution in [1.29, 1.82) is 0 Å². The molecule has 0 heterocycles. The van der Waals surface area contributed by atoms with Crippen LogP contribution in [0.2, 0.25) is 5.02 Å². The third-order valence-electron chi connectivity index (χ3n) is 3.35. The fraction of sp³-hybridized carbons (Fsp3) is 0.250. The Morgan fingerprint density at radius 2 is 1.79 bits per heavy atom. The van der Waals surface area contributed by atoms with Crippen LogP contribution in [0.4, 0.5) is 10.1 Å². The summed E-state index contributed by atoms with van der Waals surface area (Å²) in [6.07, 6.45) is 1.80. The molecule has 0 radical (unpaired) electrons. The predicted molar refractivity (Wildman–Crippen MR) is 80.0 cm³/mol. The van der Waals surface area contributed by atoms with Gasteiger partial charge < -0.3 is 5.73 Å². The summed E-state index contributed by atoms with van der Waals surface area (Å²) in [5.41, 5.74) is 10.4. The number of hydrogen-bond acceptors (Lipinski definition) is 1. The van der Waals surface area contributed by atoms with Crippen LogP contribution in [0, 0.1) is 5.82 Å². The molecule has 0 spiro atoms. The van der Waals surface area contributed by atoms with E-state index < -0.39 is 0 Å². The summed E-state index contributed by atoms with van der Waals surface area (Å²) in [6, 6.07) is 8.94. The molecule has 0 saturated carbocycles. The maximum atomic E-state index is 13.6. The van der Waals surface area contributed by atoms with E-state index in [4.69, 9.17) is 17.3 Å². The molecule has 0 unspecified atom stereocenters. The molecule has 0 fully saturated rings. The molecule has 1 nitrogen and oxygen atoms in total. The van der Waals surface area contributed by atoms with Crippen molar-refractivity contribution in [1.82, 2.24) is 0 Å². The molecule has 0 aliphatic carbocycles. The first-order valence-corrected chi connectivity index (χ1v) is 6.81. The van der Waals surface area contributed by atoms with Gasteiger partial charge in [0, 0.05) is 5.56 Å². The highest BCUT2D eigenvalue weighted by Crippen LogP contribution is 2.35. The summed E-state index contributed by atoms with van der Waals surface area (Å²) in [5, 5.41) is 0.263. The molecule has 0 aromatic heterocycles. The number of anilines is 1. The third-order valence-corrected chi connectivity index (χ3v) is 3.66. The van der Waals surface area contributed by atoms with Crippen LogP contribution in [0.25, 0.3) is 11.1 Å². The standard InChI is InChI=1S/C16H17ClFN/c1-3-10-5-6-11(4-2)13(7-10)14-8-12(18)9-15(17)16(14)19/h5-9H,3-4,19H2,1-2H3. The Bertz CT molecular complexity index is 608. The highest BCUT2D eigenvalue weighted by atomic mass is 35.5. The third kappa shape index (κ3) is 2.74. The summed E-state index contributed by atoms with van der Waals surface area (Å²) < 4.78 is 13.6. The lowest BCUT2D eigenvalue weighted by Gasteiger charge is -2.13. The van der Waals surface area contributed by atoms with E-state index in [1.54, 1.807) is 0 Å². The Morgan fingerprint density at radius 1 is 1.05 bits per heavy atom. The topological polar surface area (TPSA) is 26.0 Å². The van der Waals surface area contributed by atoms with Crippen molar-refractivity contribution in [3.8, 4) is 11.1 Å². The molecule has 2 rings (SSSR count). The van der Waals surface area contributed by atoms with Gasteiger partial charge >= 0.3 is 0 Å². The predicted octanol–water partition coefficient (Wildman–Crippen LogP) is 4.85. The molecule has 0 bridgehead atoms. The molecule has 2 aromatic rings. The Kier molecular flexibility index (Phi) is 4.11. The van der Waals surface area contributed by atoms with Gasteiger partial charge in [-0.25, -0.2) is 4.39 Å². The van der Waals surface area contributed by atoms with Gasteiger partial charge in [-0.2, -0.15) is 0 Å². The largest absolute Gasteiger partial charge is 0.397 e. The van der Waals surface area contributed by atoms with Gasteiger partial charge in [-0.1, -0.05) is 43.6 Å². The molecule has 19 heavy (non-hydrogen) atoms. The number of rotatable bonds is 3. The monoisotopic (exact) mass is 277 g/mol. The van der Waals surface area contributed by atoms with Crippen molar-refractivity contribution in [3.63, 3.8) is 0 Å². The number of nitrogens with two attached hydrogens (primary N) is 1. The van der Waals surface area contributed by atoms with E-state index in [0.717, 1.165) is 24.0 Å². The van der Waals surface area contributed by atoms with Crippen molar-refractivity contribution in [2.45, 2.75) is 26.7 Å². The van der Waals surface area contributed by atoms with Gasteiger partial charge in [0.05, 0.1) is 10.7 Å². The second kappa shape index (κ2) is 5.62. The highest BCUT2D eigenvalue weighted by molar-refractivity contribution is 6.33. The molecule has 100 valence electrons. The maximum Gasteiger partial charge on any atom is 0.125 e. The molecule has 3 heteroatoms. The molecule has 0 amide bonds. The first-order chi connectivity index (χ1) is 9.06. The maximum absolute atomic E-state index is 13.6. The lowest BCUT2D eigenvalue weighted by atomic mass is 9.94. The van der Waals surface area contributed by atoms with Gasteiger partial charge in [-0.05, 0) is 41.7 Å². The SMILES string of the molecule is CCc1ccc(CC)c(-c2cc(F)cc(Cl)c2N)c1. The van der Waals surface area contributed by atoms with Crippen LogP contribution in [0.5, 0.6) is 0 Å².